The number of hydrogen-bond donors (Lipinski definition) is 2. The van der Waals surface area contributed by atoms with Gasteiger partial charge in [-0.15, -0.1) is 11.8 Å². The summed E-state index contributed by atoms with van der Waals surface area (Å²) in [6.07, 6.45) is 11.2. The molecule has 3 N–H and O–H groups in total. The topological polar surface area (TPSA) is 38.0 Å². The van der Waals surface area contributed by atoms with Crippen molar-refractivity contribution in [3.63, 3.8) is 0 Å². The van der Waals surface area contributed by atoms with Crippen LogP contribution >= 0.6 is 11.8 Å². The largest absolute Gasteiger partial charge is 0.322 e. The van der Waals surface area contributed by atoms with Crippen molar-refractivity contribution in [2.24, 2.45) is 5.73 Å². The molecule has 98 valence electrons. The van der Waals surface area contributed by atoms with Gasteiger partial charge >= 0.3 is 0 Å². The minimum atomic E-state index is 0.749. The molecule has 0 aliphatic heterocycles. The van der Waals surface area contributed by atoms with Crippen molar-refractivity contribution in [2.45, 2.75) is 58.3 Å². The lowest BCUT2D eigenvalue weighted by atomic mass is 10.1. The first-order chi connectivity index (χ1) is 7.91. The maximum atomic E-state index is 5.39. The second-order valence-corrected chi connectivity index (χ2v) is 5.45. The van der Waals surface area contributed by atoms with Crippen LogP contribution in [0.4, 0.5) is 0 Å². The predicted molar refractivity (Wildman–Crippen MR) is 77.0 cm³/mol. The maximum Gasteiger partial charge on any atom is 0.0393 e. The Balaban J connectivity index is 2.83. The van der Waals surface area contributed by atoms with Gasteiger partial charge in [0, 0.05) is 18.2 Å². The van der Waals surface area contributed by atoms with E-state index in [2.05, 4.69) is 12.2 Å². The summed E-state index contributed by atoms with van der Waals surface area (Å²) in [6, 6.07) is 0. The molecular formula is C13H30N2S. The van der Waals surface area contributed by atoms with Crippen molar-refractivity contribution in [3.05, 3.63) is 0 Å². The molecule has 0 amide bonds. The lowest BCUT2D eigenvalue weighted by molar-refractivity contribution is 0.560. The molecule has 0 spiro atoms. The van der Waals surface area contributed by atoms with Gasteiger partial charge in [0.2, 0.25) is 0 Å². The lowest BCUT2D eigenvalue weighted by Crippen LogP contribution is -2.18. The monoisotopic (exact) mass is 246 g/mol. The zero-order chi connectivity index (χ0) is 11.9. The average Bonchev–Trinajstić information content (AvgIpc) is 2.31. The van der Waals surface area contributed by atoms with Crippen LogP contribution in [-0.4, -0.2) is 24.7 Å². The molecule has 0 aromatic rings. The van der Waals surface area contributed by atoms with Gasteiger partial charge in [-0.2, -0.15) is 0 Å². The van der Waals surface area contributed by atoms with Gasteiger partial charge in [-0.1, -0.05) is 51.9 Å². The van der Waals surface area contributed by atoms with E-state index in [-0.39, 0.29) is 0 Å². The molecule has 0 radical (unpaired) electrons. The molecule has 0 bridgehead atoms. The van der Waals surface area contributed by atoms with E-state index in [0.29, 0.717) is 0 Å². The second-order valence-electron chi connectivity index (χ2n) is 4.30. The van der Waals surface area contributed by atoms with Gasteiger partial charge in [-0.25, -0.2) is 0 Å². The van der Waals surface area contributed by atoms with E-state index in [1.807, 2.05) is 0 Å². The Bertz CT molecular complexity index is 107. The smallest absolute Gasteiger partial charge is 0.0393 e. The first-order valence-corrected chi connectivity index (χ1v) is 8.05. The highest BCUT2D eigenvalue weighted by atomic mass is 32.2. The first kappa shape index (κ1) is 16.3. The fraction of sp³-hybridized carbons (Fsp3) is 1.00. The fourth-order valence-electron chi connectivity index (χ4n) is 1.74. The van der Waals surface area contributed by atoms with Crippen molar-refractivity contribution in [3.8, 4) is 0 Å². The molecule has 0 aromatic heterocycles. The van der Waals surface area contributed by atoms with E-state index in [9.17, 15) is 0 Å². The summed E-state index contributed by atoms with van der Waals surface area (Å²) in [6.45, 7) is 4.56. The second kappa shape index (κ2) is 15.3. The van der Waals surface area contributed by atoms with Gasteiger partial charge in [-0.3, -0.25) is 0 Å². The standard InChI is InChI=1S/C13H30N2S/c1-2-3-4-5-6-7-8-9-10-15-11-12-16-13-14/h15H,2-14H2,1H3. The number of unbranched alkanes of at least 4 members (excludes halogenated alkanes) is 7. The summed E-state index contributed by atoms with van der Waals surface area (Å²) in [5.74, 6) is 1.90. The van der Waals surface area contributed by atoms with Crippen LogP contribution in [-0.2, 0) is 0 Å². The number of hydrogen-bond acceptors (Lipinski definition) is 3. The fourth-order valence-corrected chi connectivity index (χ4v) is 2.19. The Morgan fingerprint density at radius 2 is 1.50 bits per heavy atom. The number of nitrogens with two attached hydrogens (primary N) is 1. The summed E-state index contributed by atoms with van der Waals surface area (Å²) in [7, 11) is 0. The highest BCUT2D eigenvalue weighted by Gasteiger charge is 1.91. The summed E-state index contributed by atoms with van der Waals surface area (Å²) in [5.41, 5.74) is 5.39. The van der Waals surface area contributed by atoms with E-state index in [1.165, 1.54) is 57.9 Å². The first-order valence-electron chi connectivity index (χ1n) is 6.90. The molecule has 2 nitrogen and oxygen atoms in total. The zero-order valence-electron chi connectivity index (χ0n) is 11.0. The quantitative estimate of drug-likeness (QED) is 0.386. The molecule has 0 saturated heterocycles. The normalized spacial score (nSPS) is 10.9. The van der Waals surface area contributed by atoms with Gasteiger partial charge in [0.1, 0.15) is 0 Å². The van der Waals surface area contributed by atoms with Gasteiger partial charge in [0.15, 0.2) is 0 Å². The van der Waals surface area contributed by atoms with E-state index < -0.39 is 0 Å². The molecule has 0 fully saturated rings. The predicted octanol–water partition coefficient (Wildman–Crippen LogP) is 3.37. The van der Waals surface area contributed by atoms with Crippen molar-refractivity contribution in [1.29, 1.82) is 0 Å². The van der Waals surface area contributed by atoms with Crippen LogP contribution in [0.2, 0.25) is 0 Å². The minimum Gasteiger partial charge on any atom is -0.322 e. The van der Waals surface area contributed by atoms with Crippen molar-refractivity contribution >= 4 is 11.8 Å². The Morgan fingerprint density at radius 1 is 0.875 bits per heavy atom. The van der Waals surface area contributed by atoms with Crippen molar-refractivity contribution in [2.75, 3.05) is 24.7 Å². The van der Waals surface area contributed by atoms with Crippen LogP contribution < -0.4 is 11.1 Å². The van der Waals surface area contributed by atoms with Crippen LogP contribution in [0, 0.1) is 0 Å². The van der Waals surface area contributed by atoms with E-state index >= 15 is 0 Å². The number of thioether (sulfide) groups is 1. The lowest BCUT2D eigenvalue weighted by Gasteiger charge is -2.04. The maximum absolute atomic E-state index is 5.39. The SMILES string of the molecule is CCCCCCCCCCNCCSCN. The van der Waals surface area contributed by atoms with E-state index in [4.69, 9.17) is 5.73 Å². The Morgan fingerprint density at radius 3 is 2.12 bits per heavy atom. The Kier molecular flexibility index (Phi) is 15.5. The molecule has 0 saturated carbocycles. The molecule has 16 heavy (non-hydrogen) atoms. The molecular weight excluding hydrogens is 216 g/mol. The molecule has 0 unspecified atom stereocenters. The third kappa shape index (κ3) is 14.3. The zero-order valence-corrected chi connectivity index (χ0v) is 11.8. The summed E-state index contributed by atoms with van der Waals surface area (Å²) >= 11 is 1.80. The van der Waals surface area contributed by atoms with Gasteiger partial charge in [0.25, 0.3) is 0 Å². The highest BCUT2D eigenvalue weighted by molar-refractivity contribution is 7.99. The molecule has 0 atom stereocenters. The molecule has 0 rings (SSSR count). The van der Waals surface area contributed by atoms with Crippen molar-refractivity contribution < 1.29 is 0 Å². The summed E-state index contributed by atoms with van der Waals surface area (Å²) < 4.78 is 0. The van der Waals surface area contributed by atoms with Gasteiger partial charge < -0.3 is 11.1 Å². The Hall–Kier alpha value is 0.270. The van der Waals surface area contributed by atoms with Crippen LogP contribution in [0.5, 0.6) is 0 Å². The molecule has 0 heterocycles. The number of nitrogens with one attached hydrogen (secondary N) is 1. The molecule has 0 aromatic carbocycles. The minimum absolute atomic E-state index is 0.749. The highest BCUT2D eigenvalue weighted by Crippen LogP contribution is 2.07. The van der Waals surface area contributed by atoms with E-state index in [1.54, 1.807) is 11.8 Å². The molecule has 0 aliphatic rings. The number of rotatable bonds is 13. The molecule has 0 aliphatic carbocycles. The van der Waals surface area contributed by atoms with Crippen molar-refractivity contribution in [1.82, 2.24) is 5.32 Å². The van der Waals surface area contributed by atoms with Crippen LogP contribution in [0.15, 0.2) is 0 Å². The Labute approximate surface area is 106 Å². The van der Waals surface area contributed by atoms with Crippen LogP contribution in [0.25, 0.3) is 0 Å². The van der Waals surface area contributed by atoms with Crippen LogP contribution in [0.1, 0.15) is 58.3 Å². The third-order valence-electron chi connectivity index (χ3n) is 2.75. The average molecular weight is 246 g/mol. The van der Waals surface area contributed by atoms with Crippen LogP contribution in [0.3, 0.4) is 0 Å². The van der Waals surface area contributed by atoms with E-state index in [0.717, 1.165) is 18.2 Å². The summed E-state index contributed by atoms with van der Waals surface area (Å²) in [4.78, 5) is 0. The third-order valence-corrected chi connectivity index (χ3v) is 3.48. The van der Waals surface area contributed by atoms with Gasteiger partial charge in [0.05, 0.1) is 0 Å². The van der Waals surface area contributed by atoms with Gasteiger partial charge in [-0.05, 0) is 13.0 Å². The summed E-state index contributed by atoms with van der Waals surface area (Å²) in [5, 5.41) is 3.46. The molecule has 3 heteroatoms.